The van der Waals surface area contributed by atoms with Gasteiger partial charge in [0.1, 0.15) is 11.6 Å². The lowest BCUT2D eigenvalue weighted by molar-refractivity contribution is 0.406. The van der Waals surface area contributed by atoms with Crippen LogP contribution in [-0.4, -0.2) is 7.11 Å². The first-order chi connectivity index (χ1) is 9.56. The van der Waals surface area contributed by atoms with E-state index in [-0.39, 0.29) is 11.2 Å². The van der Waals surface area contributed by atoms with Crippen molar-refractivity contribution in [2.24, 2.45) is 0 Å². The Hall–Kier alpha value is -1.06. The van der Waals surface area contributed by atoms with Gasteiger partial charge in [0.15, 0.2) is 0 Å². The lowest BCUT2D eigenvalue weighted by Gasteiger charge is -2.15. The molecule has 106 valence electrons. The predicted octanol–water partition coefficient (Wildman–Crippen LogP) is 5.49. The highest BCUT2D eigenvalue weighted by Gasteiger charge is 2.18. The molecule has 1 unspecified atom stereocenters. The highest BCUT2D eigenvalue weighted by atomic mass is 79.9. The van der Waals surface area contributed by atoms with Crippen molar-refractivity contribution in [3.05, 3.63) is 63.4 Å². The molecule has 0 saturated carbocycles. The predicted molar refractivity (Wildman–Crippen MR) is 84.2 cm³/mol. The van der Waals surface area contributed by atoms with Crippen LogP contribution in [0.15, 0.2) is 40.9 Å². The van der Waals surface area contributed by atoms with Gasteiger partial charge in [-0.25, -0.2) is 4.39 Å². The molecule has 4 heteroatoms. The van der Waals surface area contributed by atoms with Crippen LogP contribution in [0.5, 0.6) is 5.75 Å². The molecule has 20 heavy (non-hydrogen) atoms. The monoisotopic (exact) mass is 356 g/mol. The minimum absolute atomic E-state index is 0.365. The van der Waals surface area contributed by atoms with Gasteiger partial charge < -0.3 is 4.74 Å². The van der Waals surface area contributed by atoms with Crippen LogP contribution in [0.2, 0.25) is 0 Å². The minimum Gasteiger partial charge on any atom is -0.496 e. The summed E-state index contributed by atoms with van der Waals surface area (Å²) in [5, 5.41) is -0.382. The van der Waals surface area contributed by atoms with Gasteiger partial charge in [-0.15, -0.1) is 11.6 Å². The van der Waals surface area contributed by atoms with E-state index in [1.807, 2.05) is 12.1 Å². The summed E-state index contributed by atoms with van der Waals surface area (Å²) in [4.78, 5) is 0. The second-order valence-electron chi connectivity index (χ2n) is 4.47. The summed E-state index contributed by atoms with van der Waals surface area (Å²) >= 11 is 9.70. The number of aryl methyl sites for hydroxylation is 1. The lowest BCUT2D eigenvalue weighted by Crippen LogP contribution is -1.99. The van der Waals surface area contributed by atoms with Gasteiger partial charge in [-0.1, -0.05) is 31.2 Å². The third-order valence-corrected chi connectivity index (χ3v) is 4.32. The molecule has 0 radical (unpaired) electrons. The zero-order chi connectivity index (χ0) is 14.7. The Labute approximate surface area is 131 Å². The Bertz CT molecular complexity index is 598. The molecule has 0 aliphatic heterocycles. The molecule has 0 N–H and O–H groups in total. The first-order valence-electron chi connectivity index (χ1n) is 6.32. The number of halogens is 3. The van der Waals surface area contributed by atoms with Crippen molar-refractivity contribution in [1.29, 1.82) is 0 Å². The van der Waals surface area contributed by atoms with Gasteiger partial charge in [-0.2, -0.15) is 0 Å². The second kappa shape index (κ2) is 6.59. The van der Waals surface area contributed by atoms with E-state index < -0.39 is 0 Å². The molecule has 0 aliphatic rings. The SMILES string of the molecule is CCc1ccc(C(Cl)c2cc(Br)c(F)cc2OC)cc1. The molecule has 0 bridgehead atoms. The largest absolute Gasteiger partial charge is 0.496 e. The fourth-order valence-electron chi connectivity index (χ4n) is 2.02. The Balaban J connectivity index is 2.41. The van der Waals surface area contributed by atoms with E-state index in [2.05, 4.69) is 35.0 Å². The van der Waals surface area contributed by atoms with Gasteiger partial charge >= 0.3 is 0 Å². The van der Waals surface area contributed by atoms with Crippen LogP contribution < -0.4 is 4.74 Å². The molecule has 0 aliphatic carbocycles. The Morgan fingerprint density at radius 1 is 1.25 bits per heavy atom. The van der Waals surface area contributed by atoms with Crippen molar-refractivity contribution in [2.75, 3.05) is 7.11 Å². The zero-order valence-electron chi connectivity index (χ0n) is 11.3. The van der Waals surface area contributed by atoms with Crippen LogP contribution >= 0.6 is 27.5 Å². The number of rotatable bonds is 4. The average molecular weight is 358 g/mol. The zero-order valence-corrected chi connectivity index (χ0v) is 13.6. The van der Waals surface area contributed by atoms with E-state index in [1.54, 1.807) is 6.07 Å². The van der Waals surface area contributed by atoms with Gasteiger partial charge in [0.2, 0.25) is 0 Å². The van der Waals surface area contributed by atoms with Crippen LogP contribution in [0.25, 0.3) is 0 Å². The van der Waals surface area contributed by atoms with Crippen molar-refractivity contribution < 1.29 is 9.13 Å². The molecule has 0 aromatic heterocycles. The van der Waals surface area contributed by atoms with Gasteiger partial charge in [-0.05, 0) is 39.5 Å². The van der Waals surface area contributed by atoms with Crippen LogP contribution in [0.1, 0.15) is 29.0 Å². The Morgan fingerprint density at radius 3 is 2.45 bits per heavy atom. The van der Waals surface area contributed by atoms with E-state index >= 15 is 0 Å². The fourth-order valence-corrected chi connectivity index (χ4v) is 2.70. The maximum atomic E-state index is 13.5. The number of ether oxygens (including phenoxy) is 1. The average Bonchev–Trinajstić information content (AvgIpc) is 2.49. The summed E-state index contributed by atoms with van der Waals surface area (Å²) in [5.41, 5.74) is 2.96. The maximum absolute atomic E-state index is 13.5. The van der Waals surface area contributed by atoms with Gasteiger partial charge in [0, 0.05) is 11.6 Å². The highest BCUT2D eigenvalue weighted by Crippen LogP contribution is 2.37. The summed E-state index contributed by atoms with van der Waals surface area (Å²) < 4.78 is 19.1. The van der Waals surface area contributed by atoms with Crippen molar-refractivity contribution in [3.8, 4) is 5.75 Å². The number of methoxy groups -OCH3 is 1. The molecule has 2 rings (SSSR count). The van der Waals surface area contributed by atoms with E-state index in [4.69, 9.17) is 16.3 Å². The molecule has 0 spiro atoms. The third kappa shape index (κ3) is 3.15. The molecular formula is C16H15BrClFO. The van der Waals surface area contributed by atoms with Crippen LogP contribution in [-0.2, 0) is 6.42 Å². The van der Waals surface area contributed by atoms with E-state index in [1.165, 1.54) is 18.7 Å². The number of hydrogen-bond donors (Lipinski definition) is 0. The van der Waals surface area contributed by atoms with Crippen molar-refractivity contribution in [3.63, 3.8) is 0 Å². The molecule has 1 atom stereocenters. The quantitative estimate of drug-likeness (QED) is 0.658. The summed E-state index contributed by atoms with van der Waals surface area (Å²) in [7, 11) is 1.51. The van der Waals surface area contributed by atoms with Gasteiger partial charge in [0.25, 0.3) is 0 Å². The van der Waals surface area contributed by atoms with Gasteiger partial charge in [-0.3, -0.25) is 0 Å². The van der Waals surface area contributed by atoms with E-state index in [0.717, 1.165) is 17.5 Å². The van der Waals surface area contributed by atoms with Crippen molar-refractivity contribution in [2.45, 2.75) is 18.7 Å². The molecule has 2 aromatic rings. The summed E-state index contributed by atoms with van der Waals surface area (Å²) in [6.07, 6.45) is 0.985. The Kier molecular flexibility index (Phi) is 5.06. The summed E-state index contributed by atoms with van der Waals surface area (Å²) in [6, 6.07) is 11.1. The number of hydrogen-bond acceptors (Lipinski definition) is 1. The fraction of sp³-hybridized carbons (Fsp3) is 0.250. The third-order valence-electron chi connectivity index (χ3n) is 3.23. The molecular weight excluding hydrogens is 343 g/mol. The molecule has 0 fully saturated rings. The second-order valence-corrected chi connectivity index (χ2v) is 5.76. The first kappa shape index (κ1) is 15.3. The van der Waals surface area contributed by atoms with E-state index in [0.29, 0.717) is 10.2 Å². The number of benzene rings is 2. The molecule has 0 saturated heterocycles. The number of alkyl halides is 1. The van der Waals surface area contributed by atoms with Crippen LogP contribution in [0, 0.1) is 5.82 Å². The highest BCUT2D eigenvalue weighted by molar-refractivity contribution is 9.10. The van der Waals surface area contributed by atoms with Crippen molar-refractivity contribution >= 4 is 27.5 Å². The summed E-state index contributed by atoms with van der Waals surface area (Å²) in [5.74, 6) is 0.0843. The van der Waals surface area contributed by atoms with E-state index in [9.17, 15) is 4.39 Å². The summed E-state index contributed by atoms with van der Waals surface area (Å²) in [6.45, 7) is 2.10. The maximum Gasteiger partial charge on any atom is 0.141 e. The lowest BCUT2D eigenvalue weighted by atomic mass is 10.0. The molecule has 1 nitrogen and oxygen atoms in total. The topological polar surface area (TPSA) is 9.23 Å². The van der Waals surface area contributed by atoms with Crippen LogP contribution in [0.4, 0.5) is 4.39 Å². The molecule has 0 heterocycles. The Morgan fingerprint density at radius 2 is 1.90 bits per heavy atom. The van der Waals surface area contributed by atoms with Gasteiger partial charge in [0.05, 0.1) is 17.0 Å². The normalized spacial score (nSPS) is 12.2. The molecule has 0 amide bonds. The van der Waals surface area contributed by atoms with Crippen molar-refractivity contribution in [1.82, 2.24) is 0 Å². The van der Waals surface area contributed by atoms with Crippen LogP contribution in [0.3, 0.4) is 0 Å². The first-order valence-corrected chi connectivity index (χ1v) is 7.55. The smallest absolute Gasteiger partial charge is 0.141 e. The molecule has 2 aromatic carbocycles. The standard InChI is InChI=1S/C16H15BrClFO/c1-3-10-4-6-11(7-5-10)16(18)12-8-13(17)14(19)9-15(12)20-2/h4-9,16H,3H2,1-2H3. The minimum atomic E-state index is -0.382.